The first-order valence-corrected chi connectivity index (χ1v) is 13.2. The summed E-state index contributed by atoms with van der Waals surface area (Å²) in [4.78, 5) is 35.2. The molecule has 0 unspecified atom stereocenters. The van der Waals surface area contributed by atoms with Gasteiger partial charge in [-0.3, -0.25) is 14.9 Å². The van der Waals surface area contributed by atoms with Gasteiger partial charge in [-0.2, -0.15) is 13.2 Å². The molecule has 0 saturated carbocycles. The van der Waals surface area contributed by atoms with E-state index < -0.39 is 28.4 Å². The molecule has 43 heavy (non-hydrogen) atoms. The Kier molecular flexibility index (Phi) is 8.74. The number of carbonyl (C=O) groups excluding carboxylic acids is 1. The SMILES string of the molecule is COc1ccc(CC(=O)N(C)C)cc1N(C)c1ccc2nc(C)nc(N[C@H](C)c3cc([N+](=O)[O-])cc(C(F)(F)F)c3)c2c1. The number of hydrogen-bond acceptors (Lipinski definition) is 8. The fourth-order valence-corrected chi connectivity index (χ4v) is 4.57. The average Bonchev–Trinajstić information content (AvgIpc) is 2.95. The molecule has 1 aromatic heterocycles. The Hall–Kier alpha value is -4.94. The number of amides is 1. The second kappa shape index (κ2) is 12.1. The van der Waals surface area contributed by atoms with Crippen LogP contribution in [0.1, 0.15) is 35.5 Å². The highest BCUT2D eigenvalue weighted by atomic mass is 19.4. The lowest BCUT2D eigenvalue weighted by atomic mass is 10.0. The summed E-state index contributed by atoms with van der Waals surface area (Å²) in [6.07, 6.45) is -4.54. The number of aromatic nitrogens is 2. The number of rotatable bonds is 9. The number of halogens is 3. The maximum absolute atomic E-state index is 13.5. The number of nitrogens with zero attached hydrogens (tertiary/aromatic N) is 5. The third-order valence-corrected chi connectivity index (χ3v) is 6.97. The molecule has 10 nitrogen and oxygen atoms in total. The molecule has 4 rings (SSSR count). The van der Waals surface area contributed by atoms with Gasteiger partial charge in [-0.15, -0.1) is 0 Å². The van der Waals surface area contributed by atoms with Gasteiger partial charge < -0.3 is 19.9 Å². The molecule has 0 aliphatic heterocycles. The first kappa shape index (κ1) is 31.0. The van der Waals surface area contributed by atoms with Crippen molar-refractivity contribution in [2.75, 3.05) is 38.5 Å². The Bertz CT molecular complexity index is 1690. The maximum Gasteiger partial charge on any atom is 0.416 e. The summed E-state index contributed by atoms with van der Waals surface area (Å²) >= 11 is 0. The van der Waals surface area contributed by atoms with Crippen LogP contribution >= 0.6 is 0 Å². The van der Waals surface area contributed by atoms with E-state index in [1.165, 1.54) is 4.90 Å². The zero-order valence-corrected chi connectivity index (χ0v) is 24.5. The molecule has 226 valence electrons. The van der Waals surface area contributed by atoms with Crippen molar-refractivity contribution in [1.82, 2.24) is 14.9 Å². The van der Waals surface area contributed by atoms with E-state index in [1.807, 2.05) is 36.2 Å². The van der Waals surface area contributed by atoms with Crippen molar-refractivity contribution in [3.05, 3.63) is 87.2 Å². The largest absolute Gasteiger partial charge is 0.495 e. The fourth-order valence-electron chi connectivity index (χ4n) is 4.57. The van der Waals surface area contributed by atoms with Crippen molar-refractivity contribution in [2.45, 2.75) is 32.5 Å². The summed E-state index contributed by atoms with van der Waals surface area (Å²) in [7, 11) is 6.77. The molecule has 4 aromatic rings. The standard InChI is InChI=1S/C30H31F3N6O4/c1-17(20-13-21(30(31,32)33)15-23(14-20)39(41)42)34-29-24-16-22(8-9-25(24)35-18(2)36-29)38(5)26-11-19(7-10-27(26)43-6)12-28(40)37(3)4/h7-11,13-17H,12H2,1-6H3,(H,34,35,36)/t17-/m1/s1. The molecule has 0 aliphatic rings. The number of nitrogens with one attached hydrogen (secondary N) is 1. The maximum atomic E-state index is 13.5. The van der Waals surface area contributed by atoms with Crippen LogP contribution in [0.15, 0.2) is 54.6 Å². The van der Waals surface area contributed by atoms with E-state index in [9.17, 15) is 28.1 Å². The average molecular weight is 597 g/mol. The quantitative estimate of drug-likeness (QED) is 0.173. The van der Waals surface area contributed by atoms with Crippen molar-refractivity contribution in [3.63, 3.8) is 0 Å². The number of anilines is 3. The van der Waals surface area contributed by atoms with Crippen molar-refractivity contribution in [1.29, 1.82) is 0 Å². The van der Waals surface area contributed by atoms with Crippen molar-refractivity contribution in [2.24, 2.45) is 0 Å². The van der Waals surface area contributed by atoms with Gasteiger partial charge in [-0.05, 0) is 61.4 Å². The van der Waals surface area contributed by atoms with Crippen LogP contribution in [0.2, 0.25) is 0 Å². The summed E-state index contributed by atoms with van der Waals surface area (Å²) in [6.45, 7) is 3.29. The molecule has 3 aromatic carbocycles. The predicted molar refractivity (Wildman–Crippen MR) is 158 cm³/mol. The van der Waals surface area contributed by atoms with Crippen LogP contribution in [0.4, 0.5) is 36.1 Å². The van der Waals surface area contributed by atoms with E-state index in [0.29, 0.717) is 40.0 Å². The molecule has 0 fully saturated rings. The third-order valence-electron chi connectivity index (χ3n) is 6.97. The van der Waals surface area contributed by atoms with Gasteiger partial charge in [0.1, 0.15) is 17.4 Å². The lowest BCUT2D eigenvalue weighted by Crippen LogP contribution is -2.23. The Morgan fingerprint density at radius 3 is 2.42 bits per heavy atom. The Balaban J connectivity index is 1.74. The minimum absolute atomic E-state index is 0.0482. The number of hydrogen-bond donors (Lipinski definition) is 1. The smallest absolute Gasteiger partial charge is 0.416 e. The molecule has 1 heterocycles. The molecular formula is C30H31F3N6O4. The second-order valence-corrected chi connectivity index (χ2v) is 10.3. The van der Waals surface area contributed by atoms with Gasteiger partial charge in [0, 0.05) is 44.3 Å². The van der Waals surface area contributed by atoms with E-state index >= 15 is 0 Å². The van der Waals surface area contributed by atoms with Crippen LogP contribution in [-0.2, 0) is 17.4 Å². The summed E-state index contributed by atoms with van der Waals surface area (Å²) in [5.74, 6) is 1.32. The van der Waals surface area contributed by atoms with Crippen LogP contribution in [0.3, 0.4) is 0 Å². The van der Waals surface area contributed by atoms with Gasteiger partial charge in [0.25, 0.3) is 5.69 Å². The Morgan fingerprint density at radius 2 is 1.79 bits per heavy atom. The van der Waals surface area contributed by atoms with Crippen LogP contribution in [-0.4, -0.2) is 54.0 Å². The van der Waals surface area contributed by atoms with Crippen LogP contribution in [0.5, 0.6) is 5.75 Å². The van der Waals surface area contributed by atoms with E-state index in [-0.39, 0.29) is 17.9 Å². The number of carbonyl (C=O) groups is 1. The number of likely N-dealkylation sites (N-methyl/N-ethyl adjacent to an activating group) is 1. The number of benzene rings is 3. The number of non-ortho nitro benzene ring substituents is 1. The van der Waals surface area contributed by atoms with Gasteiger partial charge in [0.15, 0.2) is 0 Å². The fraction of sp³-hybridized carbons (Fsp3) is 0.300. The Morgan fingerprint density at radius 1 is 1.07 bits per heavy atom. The molecular weight excluding hydrogens is 565 g/mol. The Labute approximate surface area is 246 Å². The number of nitro benzene ring substituents is 1. The van der Waals surface area contributed by atoms with Crippen LogP contribution in [0, 0.1) is 17.0 Å². The summed E-state index contributed by atoms with van der Waals surface area (Å²) in [5.41, 5.74) is 1.13. The zero-order chi connectivity index (χ0) is 31.6. The van der Waals surface area contributed by atoms with E-state index in [1.54, 1.807) is 47.2 Å². The molecule has 1 atom stereocenters. The summed E-state index contributed by atoms with van der Waals surface area (Å²) in [5, 5.41) is 15.1. The highest BCUT2D eigenvalue weighted by Gasteiger charge is 2.33. The van der Waals surface area contributed by atoms with Gasteiger partial charge >= 0.3 is 6.18 Å². The molecule has 0 aliphatic carbocycles. The number of nitro groups is 1. The molecule has 0 bridgehead atoms. The minimum Gasteiger partial charge on any atom is -0.495 e. The predicted octanol–water partition coefficient (Wildman–Crippen LogP) is 6.45. The van der Waals surface area contributed by atoms with Crippen molar-refractivity contribution >= 4 is 39.7 Å². The monoisotopic (exact) mass is 596 g/mol. The summed E-state index contributed by atoms with van der Waals surface area (Å²) < 4.78 is 46.1. The number of alkyl halides is 3. The molecule has 1 amide bonds. The first-order chi connectivity index (χ1) is 20.2. The number of fused-ring (bicyclic) bond motifs is 1. The van der Waals surface area contributed by atoms with E-state index in [0.717, 1.165) is 23.4 Å². The lowest BCUT2D eigenvalue weighted by Gasteiger charge is -2.24. The highest BCUT2D eigenvalue weighted by Crippen LogP contribution is 2.37. The normalized spacial score (nSPS) is 12.1. The minimum atomic E-state index is -4.75. The molecule has 1 N–H and O–H groups in total. The first-order valence-electron chi connectivity index (χ1n) is 13.2. The highest BCUT2D eigenvalue weighted by molar-refractivity contribution is 5.93. The molecule has 0 spiro atoms. The van der Waals surface area contributed by atoms with Crippen molar-refractivity contribution in [3.8, 4) is 5.75 Å². The lowest BCUT2D eigenvalue weighted by molar-refractivity contribution is -0.385. The van der Waals surface area contributed by atoms with Crippen LogP contribution in [0.25, 0.3) is 10.9 Å². The topological polar surface area (TPSA) is 114 Å². The van der Waals surface area contributed by atoms with Crippen molar-refractivity contribution < 1.29 is 27.6 Å². The second-order valence-electron chi connectivity index (χ2n) is 10.3. The van der Waals surface area contributed by atoms with Gasteiger partial charge in [0.05, 0.1) is 41.3 Å². The van der Waals surface area contributed by atoms with Gasteiger partial charge in [-0.1, -0.05) is 6.07 Å². The van der Waals surface area contributed by atoms with Crippen LogP contribution < -0.4 is 15.0 Å². The van der Waals surface area contributed by atoms with Gasteiger partial charge in [-0.25, -0.2) is 9.97 Å². The van der Waals surface area contributed by atoms with Gasteiger partial charge in [0.2, 0.25) is 5.91 Å². The van der Waals surface area contributed by atoms with E-state index in [2.05, 4.69) is 15.3 Å². The third kappa shape index (κ3) is 6.93. The summed E-state index contributed by atoms with van der Waals surface area (Å²) in [6, 6.07) is 12.7. The number of ether oxygens (including phenoxy) is 1. The molecule has 0 saturated heterocycles. The molecule has 0 radical (unpaired) electrons. The zero-order valence-electron chi connectivity index (χ0n) is 24.5. The molecule has 13 heteroatoms. The number of aryl methyl sites for hydroxylation is 1. The van der Waals surface area contributed by atoms with E-state index in [4.69, 9.17) is 4.74 Å². The number of methoxy groups -OCH3 is 1.